The normalized spacial score (nSPS) is 12.2. The zero-order valence-electron chi connectivity index (χ0n) is 15.2. The summed E-state index contributed by atoms with van der Waals surface area (Å²) in [4.78, 5) is 0. The summed E-state index contributed by atoms with van der Waals surface area (Å²) >= 11 is 0. The second-order valence-electron chi connectivity index (χ2n) is 6.46. The lowest BCUT2D eigenvalue weighted by atomic mass is 10.1. The lowest BCUT2D eigenvalue weighted by molar-refractivity contribution is 0.230. The number of aryl methyl sites for hydroxylation is 1. The van der Waals surface area contributed by atoms with Crippen molar-refractivity contribution in [3.63, 3.8) is 0 Å². The van der Waals surface area contributed by atoms with Crippen LogP contribution in [0, 0.1) is 0 Å². The van der Waals surface area contributed by atoms with Crippen LogP contribution in [0.5, 0.6) is 11.5 Å². The monoisotopic (exact) mass is 327 g/mol. The summed E-state index contributed by atoms with van der Waals surface area (Å²) in [7, 11) is 1.68. The van der Waals surface area contributed by atoms with Crippen LogP contribution in [0.25, 0.3) is 0 Å². The highest BCUT2D eigenvalue weighted by Crippen LogP contribution is 2.29. The third-order valence-electron chi connectivity index (χ3n) is 3.95. The fraction of sp³-hybridized carbons (Fsp3) is 0.429. The van der Waals surface area contributed by atoms with Gasteiger partial charge in [-0.3, -0.25) is 0 Å². The Morgan fingerprint density at radius 3 is 2.33 bits per heavy atom. The molecule has 0 fully saturated rings. The van der Waals surface area contributed by atoms with Gasteiger partial charge in [0.15, 0.2) is 11.5 Å². The Balaban J connectivity index is 1.84. The highest BCUT2D eigenvalue weighted by Gasteiger charge is 2.08. The number of hydrogen-bond acceptors (Lipinski definition) is 3. The van der Waals surface area contributed by atoms with Crippen molar-refractivity contribution in [2.24, 2.45) is 0 Å². The fourth-order valence-electron chi connectivity index (χ4n) is 2.60. The maximum atomic E-state index is 5.76. The first-order chi connectivity index (χ1) is 11.6. The van der Waals surface area contributed by atoms with Crippen molar-refractivity contribution < 1.29 is 9.47 Å². The van der Waals surface area contributed by atoms with Gasteiger partial charge in [0.2, 0.25) is 0 Å². The van der Waals surface area contributed by atoms with Crippen LogP contribution in [0.4, 0.5) is 0 Å². The third-order valence-corrected chi connectivity index (χ3v) is 3.95. The quantitative estimate of drug-likeness (QED) is 0.730. The molecule has 0 amide bonds. The van der Waals surface area contributed by atoms with Crippen LogP contribution >= 0.6 is 0 Å². The lowest BCUT2D eigenvalue weighted by Crippen LogP contribution is -2.26. The number of hydrogen-bond donors (Lipinski definition) is 1. The van der Waals surface area contributed by atoms with Crippen LogP contribution in [0.2, 0.25) is 0 Å². The molecule has 3 nitrogen and oxygen atoms in total. The molecule has 3 heteroatoms. The zero-order valence-corrected chi connectivity index (χ0v) is 15.2. The molecule has 0 saturated carbocycles. The Labute approximate surface area is 146 Å². The van der Waals surface area contributed by atoms with E-state index in [-0.39, 0.29) is 6.10 Å². The van der Waals surface area contributed by atoms with Gasteiger partial charge in [0, 0.05) is 12.6 Å². The Hall–Kier alpha value is -2.00. The molecule has 2 rings (SSSR count). The second kappa shape index (κ2) is 9.33. The summed E-state index contributed by atoms with van der Waals surface area (Å²) < 4.78 is 11.2. The number of rotatable bonds is 9. The Bertz CT molecular complexity index is 610. The molecule has 1 N–H and O–H groups in total. The van der Waals surface area contributed by atoms with Gasteiger partial charge >= 0.3 is 0 Å². The smallest absolute Gasteiger partial charge is 0.161 e. The third kappa shape index (κ3) is 5.89. The van der Waals surface area contributed by atoms with Crippen LogP contribution < -0.4 is 14.8 Å². The first-order valence-electron chi connectivity index (χ1n) is 8.69. The van der Waals surface area contributed by atoms with Crippen molar-refractivity contribution in [3.05, 3.63) is 59.7 Å². The number of nitrogens with one attached hydrogen (secondary N) is 1. The molecule has 0 aliphatic heterocycles. The van der Waals surface area contributed by atoms with Crippen LogP contribution in [0.3, 0.4) is 0 Å². The molecule has 0 bridgehead atoms. The van der Waals surface area contributed by atoms with E-state index in [1.165, 1.54) is 11.1 Å². The van der Waals surface area contributed by atoms with E-state index in [0.717, 1.165) is 30.9 Å². The molecular weight excluding hydrogens is 298 g/mol. The Morgan fingerprint density at radius 1 is 0.917 bits per heavy atom. The van der Waals surface area contributed by atoms with Crippen molar-refractivity contribution in [2.45, 2.75) is 52.3 Å². The van der Waals surface area contributed by atoms with Crippen molar-refractivity contribution in [1.82, 2.24) is 5.32 Å². The lowest BCUT2D eigenvalue weighted by Gasteiger charge is -2.16. The molecule has 2 aromatic rings. The van der Waals surface area contributed by atoms with E-state index >= 15 is 0 Å². The van der Waals surface area contributed by atoms with Gasteiger partial charge in [-0.1, -0.05) is 36.4 Å². The molecule has 0 aromatic heterocycles. The van der Waals surface area contributed by atoms with Gasteiger partial charge in [-0.15, -0.1) is 0 Å². The molecule has 0 aliphatic rings. The topological polar surface area (TPSA) is 30.5 Å². The van der Waals surface area contributed by atoms with Crippen LogP contribution in [0.1, 0.15) is 38.3 Å². The highest BCUT2D eigenvalue weighted by atomic mass is 16.5. The van der Waals surface area contributed by atoms with Gasteiger partial charge < -0.3 is 14.8 Å². The number of benzene rings is 2. The second-order valence-corrected chi connectivity index (χ2v) is 6.46. The molecule has 0 radical (unpaired) electrons. The standard InChI is InChI=1S/C21H29NO2/c1-16(2)24-20-13-12-19(14-21(20)23-4)15-22-17(3)10-11-18-8-6-5-7-9-18/h5-9,12-14,16-17,22H,10-11,15H2,1-4H3/t17-/m0/s1. The molecular formula is C21H29NO2. The molecule has 24 heavy (non-hydrogen) atoms. The zero-order chi connectivity index (χ0) is 17.4. The molecule has 130 valence electrons. The molecule has 0 saturated heterocycles. The van der Waals surface area contributed by atoms with Crippen molar-refractivity contribution in [1.29, 1.82) is 0 Å². The van der Waals surface area contributed by atoms with E-state index < -0.39 is 0 Å². The number of methoxy groups -OCH3 is 1. The number of ether oxygens (including phenoxy) is 2. The van der Waals surface area contributed by atoms with Gasteiger partial charge in [-0.25, -0.2) is 0 Å². The summed E-state index contributed by atoms with van der Waals surface area (Å²) in [6, 6.07) is 17.2. The van der Waals surface area contributed by atoms with Crippen molar-refractivity contribution in [3.8, 4) is 11.5 Å². The van der Waals surface area contributed by atoms with Crippen LogP contribution in [0.15, 0.2) is 48.5 Å². The molecule has 0 heterocycles. The minimum absolute atomic E-state index is 0.140. The van der Waals surface area contributed by atoms with Gasteiger partial charge in [-0.05, 0) is 56.9 Å². The highest BCUT2D eigenvalue weighted by molar-refractivity contribution is 5.43. The molecule has 2 aromatic carbocycles. The average molecular weight is 327 g/mol. The van der Waals surface area contributed by atoms with Gasteiger partial charge in [0.05, 0.1) is 13.2 Å². The van der Waals surface area contributed by atoms with Crippen molar-refractivity contribution >= 4 is 0 Å². The van der Waals surface area contributed by atoms with E-state index in [4.69, 9.17) is 9.47 Å². The summed E-state index contributed by atoms with van der Waals surface area (Å²) in [5, 5.41) is 3.58. The summed E-state index contributed by atoms with van der Waals surface area (Å²) in [6.07, 6.45) is 2.36. The first kappa shape index (κ1) is 18.3. The Kier molecular flexibility index (Phi) is 7.13. The van der Waals surface area contributed by atoms with E-state index in [2.05, 4.69) is 54.7 Å². The van der Waals surface area contributed by atoms with Gasteiger partial charge in [-0.2, -0.15) is 0 Å². The van der Waals surface area contributed by atoms with Crippen LogP contribution in [-0.2, 0) is 13.0 Å². The minimum Gasteiger partial charge on any atom is -0.493 e. The maximum absolute atomic E-state index is 5.76. The summed E-state index contributed by atoms with van der Waals surface area (Å²) in [5.41, 5.74) is 2.59. The van der Waals surface area contributed by atoms with Gasteiger partial charge in [0.1, 0.15) is 0 Å². The van der Waals surface area contributed by atoms with Crippen molar-refractivity contribution in [2.75, 3.05) is 7.11 Å². The minimum atomic E-state index is 0.140. The predicted molar refractivity (Wildman–Crippen MR) is 99.8 cm³/mol. The SMILES string of the molecule is COc1cc(CN[C@@H](C)CCc2ccccc2)ccc1OC(C)C. The van der Waals surface area contributed by atoms with E-state index in [1.54, 1.807) is 7.11 Å². The summed E-state index contributed by atoms with van der Waals surface area (Å²) in [6.45, 7) is 7.09. The largest absolute Gasteiger partial charge is 0.493 e. The molecule has 1 atom stereocenters. The van der Waals surface area contributed by atoms with Crippen LogP contribution in [-0.4, -0.2) is 19.3 Å². The van der Waals surface area contributed by atoms with E-state index in [0.29, 0.717) is 6.04 Å². The average Bonchev–Trinajstić information content (AvgIpc) is 2.59. The van der Waals surface area contributed by atoms with Gasteiger partial charge in [0.25, 0.3) is 0 Å². The first-order valence-corrected chi connectivity index (χ1v) is 8.69. The van der Waals surface area contributed by atoms with E-state index in [9.17, 15) is 0 Å². The maximum Gasteiger partial charge on any atom is 0.161 e. The Morgan fingerprint density at radius 2 is 1.67 bits per heavy atom. The summed E-state index contributed by atoms with van der Waals surface area (Å²) in [5.74, 6) is 1.59. The molecule has 0 aliphatic carbocycles. The molecule has 0 unspecified atom stereocenters. The predicted octanol–water partition coefficient (Wildman–Crippen LogP) is 4.59. The molecule has 0 spiro atoms. The van der Waals surface area contributed by atoms with E-state index in [1.807, 2.05) is 19.9 Å². The fourth-order valence-corrected chi connectivity index (χ4v) is 2.60.